The normalized spacial score (nSPS) is 11.7. The van der Waals surface area contributed by atoms with Crippen LogP contribution in [0.3, 0.4) is 0 Å². The molecule has 0 bridgehead atoms. The molecule has 0 heterocycles. The fourth-order valence-corrected chi connectivity index (χ4v) is 1.91. The van der Waals surface area contributed by atoms with Crippen LogP contribution in [0.25, 0.3) is 10.8 Å². The first-order chi connectivity index (χ1) is 8.65. The second kappa shape index (κ2) is 6.50. The number of hydrogen-bond donors (Lipinski definition) is 2. The summed E-state index contributed by atoms with van der Waals surface area (Å²) < 4.78 is 18.8. The molecule has 0 radical (unpaired) electrons. The molecule has 0 aliphatic rings. The maximum atomic E-state index is 13.9. The molecule has 102 valence electrons. The Bertz CT molecular complexity index is 589. The van der Waals surface area contributed by atoms with Gasteiger partial charge in [-0.25, -0.2) is 4.39 Å². The molecule has 0 fully saturated rings. The molecular weight excluding hydrogens is 269 g/mol. The highest BCUT2D eigenvalue weighted by atomic mass is 35.5. The average Bonchev–Trinajstić information content (AvgIpc) is 2.38. The second-order valence-corrected chi connectivity index (χ2v) is 3.88. The van der Waals surface area contributed by atoms with Gasteiger partial charge >= 0.3 is 0 Å². The number of hydrogen-bond acceptors (Lipinski definition) is 3. The van der Waals surface area contributed by atoms with Crippen LogP contribution in [0, 0.1) is 11.2 Å². The molecule has 0 aliphatic carbocycles. The molecule has 0 aliphatic heterocycles. The third-order valence-electron chi connectivity index (χ3n) is 2.74. The standard InChI is InChI=1S/C14H14FNO2.ClH/c1-2-18-14(16)13(17)12-10-6-4-3-5-9(10)7-8-11(12)15;/h3-8,13,16-17H,2H2,1H3;1H. The molecule has 0 amide bonds. The molecule has 0 spiro atoms. The molecule has 0 saturated heterocycles. The molecular formula is C14H15ClFNO2. The number of ether oxygens (including phenoxy) is 1. The highest BCUT2D eigenvalue weighted by molar-refractivity contribution is 5.91. The number of aliphatic hydroxyl groups is 1. The van der Waals surface area contributed by atoms with E-state index in [9.17, 15) is 9.50 Å². The summed E-state index contributed by atoms with van der Waals surface area (Å²) in [6.45, 7) is 1.98. The molecule has 1 atom stereocenters. The summed E-state index contributed by atoms with van der Waals surface area (Å²) in [6.07, 6.45) is -1.38. The fraction of sp³-hybridized carbons (Fsp3) is 0.214. The number of rotatable bonds is 3. The van der Waals surface area contributed by atoms with Gasteiger partial charge in [-0.1, -0.05) is 30.3 Å². The monoisotopic (exact) mass is 283 g/mol. The summed E-state index contributed by atoms with van der Waals surface area (Å²) in [6, 6.07) is 10.1. The van der Waals surface area contributed by atoms with Gasteiger partial charge in [-0.05, 0) is 23.8 Å². The highest BCUT2D eigenvalue weighted by Crippen LogP contribution is 2.28. The lowest BCUT2D eigenvalue weighted by molar-refractivity contribution is 0.188. The van der Waals surface area contributed by atoms with Gasteiger partial charge in [0.05, 0.1) is 6.61 Å². The molecule has 2 aromatic carbocycles. The Labute approximate surface area is 116 Å². The Kier molecular flexibility index (Phi) is 5.27. The number of benzene rings is 2. The van der Waals surface area contributed by atoms with Crippen LogP contribution in [0.5, 0.6) is 0 Å². The van der Waals surface area contributed by atoms with E-state index in [0.717, 1.165) is 5.39 Å². The van der Waals surface area contributed by atoms with Crippen LogP contribution in [0.1, 0.15) is 18.6 Å². The first-order valence-electron chi connectivity index (χ1n) is 5.71. The molecule has 3 nitrogen and oxygen atoms in total. The van der Waals surface area contributed by atoms with Gasteiger partial charge in [0.2, 0.25) is 5.90 Å². The van der Waals surface area contributed by atoms with E-state index < -0.39 is 11.9 Å². The zero-order valence-corrected chi connectivity index (χ0v) is 11.2. The Balaban J connectivity index is 0.00000180. The van der Waals surface area contributed by atoms with Gasteiger partial charge in [-0.2, -0.15) is 0 Å². The number of aliphatic hydroxyl groups excluding tert-OH is 1. The van der Waals surface area contributed by atoms with Crippen LogP contribution >= 0.6 is 12.4 Å². The van der Waals surface area contributed by atoms with Crippen molar-refractivity contribution >= 4 is 29.1 Å². The zero-order chi connectivity index (χ0) is 13.1. The van der Waals surface area contributed by atoms with Crippen molar-refractivity contribution in [2.75, 3.05) is 6.61 Å². The summed E-state index contributed by atoms with van der Waals surface area (Å²) in [7, 11) is 0. The zero-order valence-electron chi connectivity index (χ0n) is 10.4. The smallest absolute Gasteiger partial charge is 0.215 e. The van der Waals surface area contributed by atoms with Gasteiger partial charge in [0.15, 0.2) is 6.10 Å². The van der Waals surface area contributed by atoms with E-state index in [0.29, 0.717) is 5.39 Å². The molecule has 0 saturated carbocycles. The van der Waals surface area contributed by atoms with E-state index in [1.165, 1.54) is 6.07 Å². The van der Waals surface area contributed by atoms with E-state index in [1.807, 2.05) is 12.1 Å². The van der Waals surface area contributed by atoms with Gasteiger partial charge in [-0.15, -0.1) is 12.4 Å². The molecule has 2 rings (SSSR count). The van der Waals surface area contributed by atoms with Crippen LogP contribution in [0.15, 0.2) is 36.4 Å². The van der Waals surface area contributed by atoms with Gasteiger partial charge < -0.3 is 9.84 Å². The molecule has 2 aromatic rings. The highest BCUT2D eigenvalue weighted by Gasteiger charge is 2.21. The SMILES string of the molecule is CCOC(=N)C(O)c1c(F)ccc2ccccc12.Cl. The lowest BCUT2D eigenvalue weighted by atomic mass is 9.99. The Morgan fingerprint density at radius 2 is 2.00 bits per heavy atom. The number of fused-ring (bicyclic) bond motifs is 1. The van der Waals surface area contributed by atoms with Crippen molar-refractivity contribution in [2.24, 2.45) is 0 Å². The van der Waals surface area contributed by atoms with Crippen molar-refractivity contribution in [1.82, 2.24) is 0 Å². The molecule has 5 heteroatoms. The first kappa shape index (κ1) is 15.4. The maximum absolute atomic E-state index is 13.9. The predicted molar refractivity (Wildman–Crippen MR) is 75.5 cm³/mol. The lowest BCUT2D eigenvalue weighted by Gasteiger charge is -2.15. The van der Waals surface area contributed by atoms with Gasteiger partial charge in [0.1, 0.15) is 5.82 Å². The quantitative estimate of drug-likeness (QED) is 0.670. The molecule has 1 unspecified atom stereocenters. The second-order valence-electron chi connectivity index (χ2n) is 3.88. The summed E-state index contributed by atoms with van der Waals surface area (Å²) in [5.41, 5.74) is 0.0894. The summed E-state index contributed by atoms with van der Waals surface area (Å²) >= 11 is 0. The summed E-state index contributed by atoms with van der Waals surface area (Å²) in [5, 5.41) is 19.0. The Hall–Kier alpha value is -1.65. The van der Waals surface area contributed by atoms with E-state index in [1.54, 1.807) is 25.1 Å². The van der Waals surface area contributed by atoms with Crippen LogP contribution in [0.4, 0.5) is 4.39 Å². The minimum Gasteiger partial charge on any atom is -0.479 e. The summed E-state index contributed by atoms with van der Waals surface area (Å²) in [5.74, 6) is -0.876. The van der Waals surface area contributed by atoms with Gasteiger partial charge in [0, 0.05) is 5.56 Å². The molecule has 2 N–H and O–H groups in total. The van der Waals surface area contributed by atoms with Crippen LogP contribution < -0.4 is 0 Å². The van der Waals surface area contributed by atoms with Crippen LogP contribution in [-0.2, 0) is 4.74 Å². The van der Waals surface area contributed by atoms with Crippen molar-refractivity contribution in [3.63, 3.8) is 0 Å². The van der Waals surface area contributed by atoms with Crippen molar-refractivity contribution < 1.29 is 14.2 Å². The van der Waals surface area contributed by atoms with Gasteiger partial charge in [0.25, 0.3) is 0 Å². The maximum Gasteiger partial charge on any atom is 0.215 e. The van der Waals surface area contributed by atoms with E-state index >= 15 is 0 Å². The average molecular weight is 284 g/mol. The first-order valence-corrected chi connectivity index (χ1v) is 5.71. The van der Waals surface area contributed by atoms with Crippen molar-refractivity contribution in [1.29, 1.82) is 5.41 Å². The van der Waals surface area contributed by atoms with Crippen molar-refractivity contribution in [2.45, 2.75) is 13.0 Å². The number of halogens is 2. The molecule has 0 aromatic heterocycles. The summed E-state index contributed by atoms with van der Waals surface area (Å²) in [4.78, 5) is 0. The largest absolute Gasteiger partial charge is 0.479 e. The van der Waals surface area contributed by atoms with Crippen molar-refractivity contribution in [3.8, 4) is 0 Å². The van der Waals surface area contributed by atoms with Crippen LogP contribution in [0.2, 0.25) is 0 Å². The number of nitrogens with one attached hydrogen (secondary N) is 1. The van der Waals surface area contributed by atoms with E-state index in [4.69, 9.17) is 10.1 Å². The third kappa shape index (κ3) is 3.03. The predicted octanol–water partition coefficient (Wildman–Crippen LogP) is 3.45. The third-order valence-corrected chi connectivity index (χ3v) is 2.74. The minimum absolute atomic E-state index is 0. The minimum atomic E-state index is -1.38. The Morgan fingerprint density at radius 1 is 1.32 bits per heavy atom. The Morgan fingerprint density at radius 3 is 2.68 bits per heavy atom. The van der Waals surface area contributed by atoms with Crippen LogP contribution in [-0.4, -0.2) is 17.6 Å². The van der Waals surface area contributed by atoms with Gasteiger partial charge in [-0.3, -0.25) is 5.41 Å². The molecule has 19 heavy (non-hydrogen) atoms. The fourth-order valence-electron chi connectivity index (χ4n) is 1.91. The topological polar surface area (TPSA) is 53.3 Å². The van der Waals surface area contributed by atoms with E-state index in [2.05, 4.69) is 0 Å². The van der Waals surface area contributed by atoms with Crippen molar-refractivity contribution in [3.05, 3.63) is 47.8 Å². The lowest BCUT2D eigenvalue weighted by Crippen LogP contribution is -2.16. The van der Waals surface area contributed by atoms with E-state index in [-0.39, 0.29) is 30.5 Å².